The van der Waals surface area contributed by atoms with Gasteiger partial charge >= 0.3 is 0 Å². The summed E-state index contributed by atoms with van der Waals surface area (Å²) in [7, 11) is 0. The Balaban J connectivity index is 1.48. The molecule has 0 saturated carbocycles. The second-order valence-electron chi connectivity index (χ2n) is 7.40. The van der Waals surface area contributed by atoms with Crippen LogP contribution in [0.4, 0.5) is 5.69 Å². The van der Waals surface area contributed by atoms with E-state index in [1.54, 1.807) is 44.2 Å². The second-order valence-corrected chi connectivity index (χ2v) is 8.39. The zero-order chi connectivity index (χ0) is 24.1. The van der Waals surface area contributed by atoms with E-state index in [0.29, 0.717) is 27.4 Å². The van der Waals surface area contributed by atoms with Crippen molar-refractivity contribution < 1.29 is 14.4 Å². The summed E-state index contributed by atoms with van der Waals surface area (Å²) in [5.74, 6) is -1.41. The number of nitrogens with zero attached hydrogens (tertiary/aromatic N) is 2. The van der Waals surface area contributed by atoms with Crippen LogP contribution in [0.5, 0.6) is 0 Å². The average Bonchev–Trinajstić information content (AvgIpc) is 3.26. The number of para-hydroxylation sites is 1. The maximum atomic E-state index is 12.9. The lowest BCUT2D eigenvalue weighted by Gasteiger charge is -2.14. The molecule has 0 bridgehead atoms. The number of rotatable bonds is 5. The molecule has 0 aliphatic rings. The largest absolute Gasteiger partial charge is 0.321 e. The van der Waals surface area contributed by atoms with Crippen molar-refractivity contribution in [1.29, 1.82) is 0 Å². The summed E-state index contributed by atoms with van der Waals surface area (Å²) in [6, 6.07) is 17.8. The Morgan fingerprint density at radius 3 is 2.24 bits per heavy atom. The number of carbonyl (C=O) groups is 3. The van der Waals surface area contributed by atoms with E-state index in [9.17, 15) is 14.4 Å². The first kappa shape index (κ1) is 22.8. The van der Waals surface area contributed by atoms with Crippen molar-refractivity contribution in [2.45, 2.75) is 13.8 Å². The minimum Gasteiger partial charge on any atom is -0.321 e. The standard InChI is InChI=1S/C25H21N5O3S/c1-15-7-6-10-19(20(15)28-22(31)17-11-13-26-14-12-17)23(32)29-30-24(33)21-16(2)27-25(34-21)18-8-4-3-5-9-18/h3-14H,1-2H3,(H,28,31)(H,29,32)(H,30,33). The van der Waals surface area contributed by atoms with Crippen molar-refractivity contribution in [2.75, 3.05) is 5.32 Å². The van der Waals surface area contributed by atoms with Gasteiger partial charge in [-0.05, 0) is 37.6 Å². The molecule has 0 atom stereocenters. The number of hydrogen-bond donors (Lipinski definition) is 3. The summed E-state index contributed by atoms with van der Waals surface area (Å²) in [6.45, 7) is 3.52. The number of aryl methyl sites for hydroxylation is 2. The number of benzene rings is 2. The van der Waals surface area contributed by atoms with Crippen LogP contribution < -0.4 is 16.2 Å². The second kappa shape index (κ2) is 10.1. The van der Waals surface area contributed by atoms with E-state index in [0.717, 1.165) is 10.6 Å². The Labute approximate surface area is 200 Å². The summed E-state index contributed by atoms with van der Waals surface area (Å²) in [6.07, 6.45) is 3.03. The van der Waals surface area contributed by atoms with Crippen LogP contribution in [0, 0.1) is 13.8 Å². The van der Waals surface area contributed by atoms with E-state index >= 15 is 0 Å². The Morgan fingerprint density at radius 1 is 0.794 bits per heavy atom. The molecule has 3 amide bonds. The number of anilines is 1. The third-order valence-corrected chi connectivity index (χ3v) is 6.22. The summed E-state index contributed by atoms with van der Waals surface area (Å²) < 4.78 is 0. The van der Waals surface area contributed by atoms with Crippen LogP contribution in [0.3, 0.4) is 0 Å². The minimum absolute atomic E-state index is 0.216. The lowest BCUT2D eigenvalue weighted by Crippen LogP contribution is -2.42. The zero-order valence-electron chi connectivity index (χ0n) is 18.5. The Kier molecular flexibility index (Phi) is 6.74. The Hall–Kier alpha value is -4.37. The molecule has 34 heavy (non-hydrogen) atoms. The number of hydrazine groups is 1. The molecule has 0 aliphatic carbocycles. The highest BCUT2D eigenvalue weighted by Gasteiger charge is 2.19. The van der Waals surface area contributed by atoms with Crippen LogP contribution in [0.1, 0.15) is 41.6 Å². The normalized spacial score (nSPS) is 10.4. The van der Waals surface area contributed by atoms with Gasteiger partial charge in [-0.25, -0.2) is 4.98 Å². The van der Waals surface area contributed by atoms with Gasteiger partial charge < -0.3 is 5.32 Å². The molecule has 0 spiro atoms. The van der Waals surface area contributed by atoms with E-state index in [4.69, 9.17) is 0 Å². The van der Waals surface area contributed by atoms with Crippen LogP contribution in [0.2, 0.25) is 0 Å². The molecule has 2 aromatic heterocycles. The van der Waals surface area contributed by atoms with E-state index < -0.39 is 11.8 Å². The monoisotopic (exact) mass is 471 g/mol. The molecule has 0 radical (unpaired) electrons. The van der Waals surface area contributed by atoms with E-state index in [1.165, 1.54) is 23.7 Å². The first-order chi connectivity index (χ1) is 16.4. The first-order valence-electron chi connectivity index (χ1n) is 10.4. The Morgan fingerprint density at radius 2 is 1.50 bits per heavy atom. The molecule has 0 fully saturated rings. The average molecular weight is 472 g/mol. The predicted molar refractivity (Wildman–Crippen MR) is 131 cm³/mol. The lowest BCUT2D eigenvalue weighted by molar-refractivity contribution is 0.0848. The zero-order valence-corrected chi connectivity index (χ0v) is 19.3. The van der Waals surface area contributed by atoms with Gasteiger partial charge in [0.1, 0.15) is 9.88 Å². The van der Waals surface area contributed by atoms with Gasteiger partial charge in [0.05, 0.1) is 16.9 Å². The molecular formula is C25H21N5O3S. The number of thiazole rings is 1. The molecule has 2 aromatic carbocycles. The molecule has 8 nitrogen and oxygen atoms in total. The van der Waals surface area contributed by atoms with Gasteiger partial charge in [-0.3, -0.25) is 30.2 Å². The lowest BCUT2D eigenvalue weighted by atomic mass is 10.1. The summed E-state index contributed by atoms with van der Waals surface area (Å²) in [5.41, 5.74) is 8.04. The van der Waals surface area contributed by atoms with Crippen molar-refractivity contribution in [3.8, 4) is 10.6 Å². The van der Waals surface area contributed by atoms with Crippen LogP contribution in [0.25, 0.3) is 10.6 Å². The van der Waals surface area contributed by atoms with Gasteiger partial charge in [-0.15, -0.1) is 11.3 Å². The van der Waals surface area contributed by atoms with Crippen molar-refractivity contribution >= 4 is 34.7 Å². The van der Waals surface area contributed by atoms with Gasteiger partial charge in [-0.2, -0.15) is 0 Å². The summed E-state index contributed by atoms with van der Waals surface area (Å²) >= 11 is 1.24. The van der Waals surface area contributed by atoms with Gasteiger partial charge in [-0.1, -0.05) is 42.5 Å². The number of hydrogen-bond acceptors (Lipinski definition) is 6. The third-order valence-electron chi connectivity index (χ3n) is 5.01. The SMILES string of the molecule is Cc1cccc(C(=O)NNC(=O)c2sc(-c3ccccc3)nc2C)c1NC(=O)c1ccncc1. The van der Waals surface area contributed by atoms with Crippen molar-refractivity contribution in [1.82, 2.24) is 20.8 Å². The van der Waals surface area contributed by atoms with Gasteiger partial charge in [0, 0.05) is 23.5 Å². The molecular weight excluding hydrogens is 450 g/mol. The maximum Gasteiger partial charge on any atom is 0.281 e. The molecule has 3 N–H and O–H groups in total. The fourth-order valence-electron chi connectivity index (χ4n) is 3.26. The number of amides is 3. The smallest absolute Gasteiger partial charge is 0.281 e. The van der Waals surface area contributed by atoms with E-state index in [2.05, 4.69) is 26.1 Å². The summed E-state index contributed by atoms with van der Waals surface area (Å²) in [4.78, 5) is 47.0. The number of pyridine rings is 1. The van der Waals surface area contributed by atoms with Crippen molar-refractivity contribution in [2.24, 2.45) is 0 Å². The van der Waals surface area contributed by atoms with Gasteiger partial charge in [0.2, 0.25) is 0 Å². The quantitative estimate of drug-likeness (QED) is 0.379. The molecule has 9 heteroatoms. The molecule has 170 valence electrons. The van der Waals surface area contributed by atoms with Crippen LogP contribution in [0.15, 0.2) is 73.1 Å². The Bertz CT molecular complexity index is 1350. The number of carbonyl (C=O) groups excluding carboxylic acids is 3. The molecule has 2 heterocycles. The third kappa shape index (κ3) is 5.00. The highest BCUT2D eigenvalue weighted by Crippen LogP contribution is 2.27. The fourth-order valence-corrected chi connectivity index (χ4v) is 4.23. The van der Waals surface area contributed by atoms with Crippen LogP contribution in [-0.4, -0.2) is 27.7 Å². The van der Waals surface area contributed by atoms with Gasteiger partial charge in [0.15, 0.2) is 0 Å². The number of aromatic nitrogens is 2. The van der Waals surface area contributed by atoms with Crippen molar-refractivity contribution in [3.05, 3.63) is 100 Å². The van der Waals surface area contributed by atoms with Gasteiger partial charge in [0.25, 0.3) is 17.7 Å². The van der Waals surface area contributed by atoms with Crippen LogP contribution in [-0.2, 0) is 0 Å². The number of nitrogens with one attached hydrogen (secondary N) is 3. The maximum absolute atomic E-state index is 12.9. The first-order valence-corrected chi connectivity index (χ1v) is 11.2. The molecule has 0 saturated heterocycles. The molecule has 0 aliphatic heterocycles. The van der Waals surface area contributed by atoms with Crippen molar-refractivity contribution in [3.63, 3.8) is 0 Å². The topological polar surface area (TPSA) is 113 Å². The fraction of sp³-hybridized carbons (Fsp3) is 0.0800. The molecule has 4 rings (SSSR count). The summed E-state index contributed by atoms with van der Waals surface area (Å²) in [5, 5.41) is 3.49. The highest BCUT2D eigenvalue weighted by atomic mass is 32.1. The molecule has 4 aromatic rings. The van der Waals surface area contributed by atoms with E-state index in [-0.39, 0.29) is 11.5 Å². The predicted octanol–water partition coefficient (Wildman–Crippen LogP) is 4.15. The molecule has 0 unspecified atom stereocenters. The minimum atomic E-state index is -0.562. The van der Waals surface area contributed by atoms with E-state index in [1.807, 2.05) is 30.3 Å². The van der Waals surface area contributed by atoms with Crippen LogP contribution >= 0.6 is 11.3 Å². The highest BCUT2D eigenvalue weighted by molar-refractivity contribution is 7.17.